The standard InChI is InChI=1S/C12H14F3N3O6S2/c13-12(14,15)25(20,21)10-6-8(26(16,22)23)2-3-9(10)17-7-24-11(19)18-4-1-5-18/h2-3,6,17H,1,4-5,7H2,(H2,16,22,23). The van der Waals surface area contributed by atoms with E-state index in [0.717, 1.165) is 18.6 Å². The van der Waals surface area contributed by atoms with Crippen LogP contribution >= 0.6 is 0 Å². The molecule has 1 aromatic carbocycles. The summed E-state index contributed by atoms with van der Waals surface area (Å²) in [4.78, 5) is 10.7. The number of rotatable bonds is 5. The molecule has 1 aliphatic rings. The van der Waals surface area contributed by atoms with E-state index in [1.165, 1.54) is 4.90 Å². The molecule has 1 fully saturated rings. The first-order valence-corrected chi connectivity index (χ1v) is 10.0. The fourth-order valence-corrected chi connectivity index (χ4v) is 3.51. The third-order valence-electron chi connectivity index (χ3n) is 3.45. The first kappa shape index (κ1) is 20.3. The van der Waals surface area contributed by atoms with Crippen molar-refractivity contribution < 1.29 is 39.5 Å². The Morgan fingerprint density at radius 2 is 1.85 bits per heavy atom. The van der Waals surface area contributed by atoms with Gasteiger partial charge in [0.25, 0.3) is 9.84 Å². The monoisotopic (exact) mass is 417 g/mol. The molecule has 0 aromatic heterocycles. The minimum Gasteiger partial charge on any atom is -0.428 e. The summed E-state index contributed by atoms with van der Waals surface area (Å²) in [6.45, 7) is 0.343. The van der Waals surface area contributed by atoms with E-state index in [2.05, 4.69) is 5.32 Å². The van der Waals surface area contributed by atoms with Crippen molar-refractivity contribution in [3.8, 4) is 0 Å². The smallest absolute Gasteiger partial charge is 0.428 e. The maximum Gasteiger partial charge on any atom is 0.501 e. The number of hydrogen-bond donors (Lipinski definition) is 2. The van der Waals surface area contributed by atoms with E-state index in [1.54, 1.807) is 0 Å². The summed E-state index contributed by atoms with van der Waals surface area (Å²) >= 11 is 0. The van der Waals surface area contributed by atoms with Crippen LogP contribution in [0.1, 0.15) is 6.42 Å². The molecular formula is C12H14F3N3O6S2. The van der Waals surface area contributed by atoms with E-state index in [9.17, 15) is 34.8 Å². The lowest BCUT2D eigenvalue weighted by atomic mass is 10.2. The molecular weight excluding hydrogens is 403 g/mol. The first-order chi connectivity index (χ1) is 11.8. The van der Waals surface area contributed by atoms with E-state index in [-0.39, 0.29) is 6.07 Å². The summed E-state index contributed by atoms with van der Waals surface area (Å²) in [7, 11) is -10.3. The average Bonchev–Trinajstić information content (AvgIpc) is 2.43. The van der Waals surface area contributed by atoms with Crippen LogP contribution in [0.4, 0.5) is 23.7 Å². The summed E-state index contributed by atoms with van der Waals surface area (Å²) < 4.78 is 89.3. The molecule has 146 valence electrons. The second-order valence-electron chi connectivity index (χ2n) is 5.22. The predicted molar refractivity (Wildman–Crippen MR) is 82.2 cm³/mol. The van der Waals surface area contributed by atoms with Gasteiger partial charge in [0.05, 0.1) is 10.6 Å². The Labute approximate surface area is 146 Å². The van der Waals surface area contributed by atoms with Crippen molar-refractivity contribution in [2.24, 2.45) is 5.14 Å². The maximum absolute atomic E-state index is 12.8. The fraction of sp³-hybridized carbons (Fsp3) is 0.417. The highest BCUT2D eigenvalue weighted by molar-refractivity contribution is 7.92. The molecule has 0 atom stereocenters. The Morgan fingerprint density at radius 3 is 2.31 bits per heavy atom. The summed E-state index contributed by atoms with van der Waals surface area (Å²) in [5.41, 5.74) is -6.26. The molecule has 0 bridgehead atoms. The SMILES string of the molecule is NS(=O)(=O)c1ccc(NCOC(=O)N2CCC2)c(S(=O)(=O)C(F)(F)F)c1. The van der Waals surface area contributed by atoms with Crippen LogP contribution in [0, 0.1) is 0 Å². The van der Waals surface area contributed by atoms with Gasteiger partial charge >= 0.3 is 11.6 Å². The molecule has 0 radical (unpaired) electrons. The number of hydrogen-bond acceptors (Lipinski definition) is 7. The second-order valence-corrected chi connectivity index (χ2v) is 8.70. The van der Waals surface area contributed by atoms with Crippen molar-refractivity contribution in [1.82, 2.24) is 4.90 Å². The van der Waals surface area contributed by atoms with Gasteiger partial charge < -0.3 is 15.0 Å². The number of amides is 1. The van der Waals surface area contributed by atoms with Crippen LogP contribution < -0.4 is 10.5 Å². The van der Waals surface area contributed by atoms with Gasteiger partial charge in [-0.3, -0.25) is 0 Å². The first-order valence-electron chi connectivity index (χ1n) is 6.98. The molecule has 0 spiro atoms. The van der Waals surface area contributed by atoms with Crippen molar-refractivity contribution >= 4 is 31.6 Å². The van der Waals surface area contributed by atoms with Crippen LogP contribution in [0.5, 0.6) is 0 Å². The van der Waals surface area contributed by atoms with Crippen molar-refractivity contribution in [1.29, 1.82) is 0 Å². The van der Waals surface area contributed by atoms with Crippen molar-refractivity contribution in [3.05, 3.63) is 18.2 Å². The molecule has 26 heavy (non-hydrogen) atoms. The number of likely N-dealkylation sites (tertiary alicyclic amines) is 1. The van der Waals surface area contributed by atoms with Crippen LogP contribution in [0.15, 0.2) is 28.0 Å². The van der Waals surface area contributed by atoms with Crippen LogP contribution in [-0.4, -0.2) is 53.2 Å². The number of alkyl halides is 3. The van der Waals surface area contributed by atoms with E-state index in [1.807, 2.05) is 0 Å². The fourth-order valence-electron chi connectivity index (χ4n) is 1.94. The highest BCUT2D eigenvalue weighted by Crippen LogP contribution is 2.35. The summed E-state index contributed by atoms with van der Waals surface area (Å²) in [6.07, 6.45) is 0.0797. The summed E-state index contributed by atoms with van der Waals surface area (Å²) in [5, 5.41) is 7.04. The van der Waals surface area contributed by atoms with Crippen LogP contribution in [0.25, 0.3) is 0 Å². The molecule has 0 aliphatic carbocycles. The Morgan fingerprint density at radius 1 is 1.23 bits per heavy atom. The Hall–Kier alpha value is -2.06. The van der Waals surface area contributed by atoms with Gasteiger partial charge in [0.1, 0.15) is 4.90 Å². The van der Waals surface area contributed by atoms with Gasteiger partial charge in [-0.1, -0.05) is 0 Å². The maximum atomic E-state index is 12.8. The topological polar surface area (TPSA) is 136 Å². The number of primary sulfonamides is 1. The van der Waals surface area contributed by atoms with Crippen LogP contribution in [-0.2, 0) is 24.6 Å². The van der Waals surface area contributed by atoms with E-state index >= 15 is 0 Å². The number of anilines is 1. The molecule has 1 aliphatic heterocycles. The molecule has 9 nitrogen and oxygen atoms in total. The second kappa shape index (κ2) is 6.92. The summed E-state index contributed by atoms with van der Waals surface area (Å²) in [6, 6.07) is 1.90. The van der Waals surface area contributed by atoms with E-state index < -0.39 is 53.7 Å². The third-order valence-corrected chi connectivity index (χ3v) is 5.89. The number of carbonyl (C=O) groups is 1. The molecule has 1 saturated heterocycles. The van der Waals surface area contributed by atoms with Crippen molar-refractivity contribution in [2.45, 2.75) is 21.7 Å². The van der Waals surface area contributed by atoms with Gasteiger partial charge in [-0.2, -0.15) is 13.2 Å². The number of carbonyl (C=O) groups excluding carboxylic acids is 1. The number of sulfonamides is 1. The number of nitrogens with one attached hydrogen (secondary N) is 1. The quantitative estimate of drug-likeness (QED) is 0.678. The van der Waals surface area contributed by atoms with Gasteiger partial charge in [-0.05, 0) is 24.6 Å². The average molecular weight is 417 g/mol. The molecule has 2 rings (SSSR count). The van der Waals surface area contributed by atoms with E-state index in [0.29, 0.717) is 13.1 Å². The predicted octanol–water partition coefficient (Wildman–Crippen LogP) is 0.839. The molecule has 1 aromatic rings. The highest BCUT2D eigenvalue weighted by Gasteiger charge is 2.48. The minimum absolute atomic E-state index is 0.289. The van der Waals surface area contributed by atoms with Crippen molar-refractivity contribution in [2.75, 3.05) is 25.1 Å². The zero-order valence-electron chi connectivity index (χ0n) is 13.0. The van der Waals surface area contributed by atoms with Crippen LogP contribution in [0.2, 0.25) is 0 Å². The number of benzene rings is 1. The molecule has 0 saturated carbocycles. The number of ether oxygens (including phenoxy) is 1. The third kappa shape index (κ3) is 4.19. The molecule has 3 N–H and O–H groups in total. The largest absolute Gasteiger partial charge is 0.501 e. The molecule has 1 heterocycles. The van der Waals surface area contributed by atoms with Gasteiger partial charge in [-0.15, -0.1) is 0 Å². The lowest BCUT2D eigenvalue weighted by Crippen LogP contribution is -2.42. The zero-order valence-corrected chi connectivity index (χ0v) is 14.6. The van der Waals surface area contributed by atoms with E-state index in [4.69, 9.17) is 9.88 Å². The number of halogens is 3. The normalized spacial score (nSPS) is 15.3. The zero-order chi connectivity index (χ0) is 19.8. The van der Waals surface area contributed by atoms with Crippen molar-refractivity contribution in [3.63, 3.8) is 0 Å². The molecule has 14 heteroatoms. The Kier molecular flexibility index (Phi) is 5.39. The molecule has 1 amide bonds. The minimum atomic E-state index is -5.88. The Bertz CT molecular complexity index is 911. The lowest BCUT2D eigenvalue weighted by molar-refractivity contribution is -0.0435. The van der Waals surface area contributed by atoms with Gasteiger partial charge in [-0.25, -0.2) is 26.8 Å². The number of sulfone groups is 1. The Balaban J connectivity index is 2.31. The lowest BCUT2D eigenvalue weighted by Gasteiger charge is -2.29. The van der Waals surface area contributed by atoms with Crippen LogP contribution in [0.3, 0.4) is 0 Å². The highest BCUT2D eigenvalue weighted by atomic mass is 32.2. The number of nitrogens with zero attached hydrogens (tertiary/aromatic N) is 1. The number of nitrogens with two attached hydrogens (primary N) is 1. The van der Waals surface area contributed by atoms with Gasteiger partial charge in [0.15, 0.2) is 6.73 Å². The van der Waals surface area contributed by atoms with Gasteiger partial charge in [0, 0.05) is 13.1 Å². The van der Waals surface area contributed by atoms with Gasteiger partial charge in [0.2, 0.25) is 10.0 Å². The summed E-state index contributed by atoms with van der Waals surface area (Å²) in [5.74, 6) is 0. The molecule has 0 unspecified atom stereocenters.